The second-order valence-electron chi connectivity index (χ2n) is 3.84. The SMILES string of the molecule is CCc1nc(C)ccc1Oc1cnccc1C#N. The van der Waals surface area contributed by atoms with Crippen LogP contribution in [0.5, 0.6) is 11.5 Å². The maximum atomic E-state index is 8.99. The van der Waals surface area contributed by atoms with E-state index in [1.54, 1.807) is 12.3 Å². The summed E-state index contributed by atoms with van der Waals surface area (Å²) in [6.45, 7) is 3.96. The van der Waals surface area contributed by atoms with Crippen molar-refractivity contribution in [1.29, 1.82) is 5.26 Å². The molecule has 0 amide bonds. The molecular weight excluding hydrogens is 226 g/mol. The molecule has 90 valence electrons. The first kappa shape index (κ1) is 12.1. The predicted octanol–water partition coefficient (Wildman–Crippen LogP) is 3.01. The third-order valence-electron chi connectivity index (χ3n) is 2.53. The molecule has 2 aromatic heterocycles. The quantitative estimate of drug-likeness (QED) is 0.826. The molecule has 4 nitrogen and oxygen atoms in total. The molecule has 0 radical (unpaired) electrons. The molecule has 4 heteroatoms. The van der Waals surface area contributed by atoms with Gasteiger partial charge in [0.15, 0.2) is 5.75 Å². The zero-order valence-electron chi connectivity index (χ0n) is 10.3. The van der Waals surface area contributed by atoms with E-state index in [9.17, 15) is 0 Å². The van der Waals surface area contributed by atoms with Crippen LogP contribution in [-0.2, 0) is 6.42 Å². The number of hydrogen-bond donors (Lipinski definition) is 0. The Labute approximate surface area is 106 Å². The number of hydrogen-bond acceptors (Lipinski definition) is 4. The van der Waals surface area contributed by atoms with Gasteiger partial charge in [-0.2, -0.15) is 5.26 Å². The molecule has 0 fully saturated rings. The highest BCUT2D eigenvalue weighted by atomic mass is 16.5. The summed E-state index contributed by atoms with van der Waals surface area (Å²) in [5.74, 6) is 1.13. The molecule has 0 saturated heterocycles. The molecule has 18 heavy (non-hydrogen) atoms. The van der Waals surface area contributed by atoms with Crippen molar-refractivity contribution in [2.75, 3.05) is 0 Å². The lowest BCUT2D eigenvalue weighted by Gasteiger charge is -2.10. The summed E-state index contributed by atoms with van der Waals surface area (Å²) in [5.41, 5.74) is 2.29. The molecule has 2 heterocycles. The zero-order chi connectivity index (χ0) is 13.0. The van der Waals surface area contributed by atoms with Gasteiger partial charge in [0, 0.05) is 11.9 Å². The van der Waals surface area contributed by atoms with Crippen molar-refractivity contribution in [2.24, 2.45) is 0 Å². The predicted molar refractivity (Wildman–Crippen MR) is 67.4 cm³/mol. The minimum Gasteiger partial charge on any atom is -0.452 e. The molecule has 2 rings (SSSR count). The lowest BCUT2D eigenvalue weighted by molar-refractivity contribution is 0.469. The first-order valence-electron chi connectivity index (χ1n) is 5.73. The third kappa shape index (κ3) is 2.46. The van der Waals surface area contributed by atoms with Crippen LogP contribution in [0.25, 0.3) is 0 Å². The molecule has 0 saturated carbocycles. The number of aryl methyl sites for hydroxylation is 2. The zero-order valence-corrected chi connectivity index (χ0v) is 10.3. The summed E-state index contributed by atoms with van der Waals surface area (Å²) in [5, 5.41) is 8.99. The van der Waals surface area contributed by atoms with E-state index in [4.69, 9.17) is 10.00 Å². The van der Waals surface area contributed by atoms with E-state index in [0.717, 1.165) is 17.8 Å². The lowest BCUT2D eigenvalue weighted by Crippen LogP contribution is -1.97. The van der Waals surface area contributed by atoms with E-state index in [2.05, 4.69) is 16.0 Å². The van der Waals surface area contributed by atoms with Gasteiger partial charge in [-0.05, 0) is 31.5 Å². The van der Waals surface area contributed by atoms with Crippen LogP contribution in [0.2, 0.25) is 0 Å². The monoisotopic (exact) mass is 239 g/mol. The highest BCUT2D eigenvalue weighted by molar-refractivity contribution is 5.44. The Morgan fingerprint density at radius 1 is 1.28 bits per heavy atom. The number of nitriles is 1. The van der Waals surface area contributed by atoms with Crippen molar-refractivity contribution in [2.45, 2.75) is 20.3 Å². The molecule has 0 aliphatic carbocycles. The Kier molecular flexibility index (Phi) is 3.54. The van der Waals surface area contributed by atoms with E-state index in [-0.39, 0.29) is 0 Å². The molecule has 0 N–H and O–H groups in total. The number of pyridine rings is 2. The molecule has 0 bridgehead atoms. The first-order chi connectivity index (χ1) is 8.74. The molecule has 0 unspecified atom stereocenters. The van der Waals surface area contributed by atoms with Gasteiger partial charge in [-0.15, -0.1) is 0 Å². The largest absolute Gasteiger partial charge is 0.452 e. The van der Waals surface area contributed by atoms with Gasteiger partial charge >= 0.3 is 0 Å². The maximum Gasteiger partial charge on any atom is 0.163 e. The molecular formula is C14H13N3O. The smallest absolute Gasteiger partial charge is 0.163 e. The van der Waals surface area contributed by atoms with Gasteiger partial charge in [0.25, 0.3) is 0 Å². The van der Waals surface area contributed by atoms with E-state index in [0.29, 0.717) is 17.1 Å². The molecule has 0 aliphatic heterocycles. The minimum atomic E-state index is 0.459. The topological polar surface area (TPSA) is 58.8 Å². The van der Waals surface area contributed by atoms with Crippen LogP contribution >= 0.6 is 0 Å². The summed E-state index contributed by atoms with van der Waals surface area (Å²) < 4.78 is 5.73. The first-order valence-corrected chi connectivity index (χ1v) is 5.73. The van der Waals surface area contributed by atoms with Crippen molar-refractivity contribution in [1.82, 2.24) is 9.97 Å². The van der Waals surface area contributed by atoms with Crippen molar-refractivity contribution in [3.8, 4) is 17.6 Å². The summed E-state index contributed by atoms with van der Waals surface area (Å²) in [4.78, 5) is 8.38. The van der Waals surface area contributed by atoms with Crippen molar-refractivity contribution in [3.63, 3.8) is 0 Å². The van der Waals surface area contributed by atoms with Crippen LogP contribution in [0.3, 0.4) is 0 Å². The molecule has 0 aliphatic rings. The highest BCUT2D eigenvalue weighted by Crippen LogP contribution is 2.26. The Morgan fingerprint density at radius 2 is 2.11 bits per heavy atom. The van der Waals surface area contributed by atoms with Crippen LogP contribution in [0.15, 0.2) is 30.6 Å². The fraction of sp³-hybridized carbons (Fsp3) is 0.214. The summed E-state index contributed by atoms with van der Waals surface area (Å²) in [6, 6.07) is 7.46. The summed E-state index contributed by atoms with van der Waals surface area (Å²) >= 11 is 0. The van der Waals surface area contributed by atoms with E-state index in [1.165, 1.54) is 6.20 Å². The Hall–Kier alpha value is -2.41. The van der Waals surface area contributed by atoms with Crippen LogP contribution in [0.4, 0.5) is 0 Å². The Morgan fingerprint density at radius 3 is 2.83 bits per heavy atom. The number of rotatable bonds is 3. The molecule has 2 aromatic rings. The van der Waals surface area contributed by atoms with Gasteiger partial charge in [0.2, 0.25) is 0 Å². The second-order valence-corrected chi connectivity index (χ2v) is 3.84. The number of ether oxygens (including phenoxy) is 1. The highest BCUT2D eigenvalue weighted by Gasteiger charge is 2.08. The average molecular weight is 239 g/mol. The number of nitrogens with zero attached hydrogens (tertiary/aromatic N) is 3. The number of aromatic nitrogens is 2. The van der Waals surface area contributed by atoms with Crippen molar-refractivity contribution < 1.29 is 4.74 Å². The summed E-state index contributed by atoms with van der Waals surface area (Å²) in [6.07, 6.45) is 3.89. The summed E-state index contributed by atoms with van der Waals surface area (Å²) in [7, 11) is 0. The molecule has 0 aromatic carbocycles. The lowest BCUT2D eigenvalue weighted by atomic mass is 10.2. The van der Waals surface area contributed by atoms with E-state index < -0.39 is 0 Å². The van der Waals surface area contributed by atoms with Crippen molar-refractivity contribution in [3.05, 3.63) is 47.5 Å². The van der Waals surface area contributed by atoms with Gasteiger partial charge < -0.3 is 4.74 Å². The fourth-order valence-corrected chi connectivity index (χ4v) is 1.62. The third-order valence-corrected chi connectivity index (χ3v) is 2.53. The fourth-order valence-electron chi connectivity index (χ4n) is 1.62. The van der Waals surface area contributed by atoms with Crippen LogP contribution in [0, 0.1) is 18.3 Å². The van der Waals surface area contributed by atoms with Crippen LogP contribution in [0.1, 0.15) is 23.9 Å². The second kappa shape index (κ2) is 5.28. The molecule has 0 atom stereocenters. The van der Waals surface area contributed by atoms with Crippen molar-refractivity contribution >= 4 is 0 Å². The molecule has 0 spiro atoms. The standard InChI is InChI=1S/C14H13N3O/c1-3-12-13(5-4-10(2)17-12)18-14-9-16-7-6-11(14)8-15/h4-7,9H,3H2,1-2H3. The van der Waals surface area contributed by atoms with E-state index in [1.807, 2.05) is 26.0 Å². The van der Waals surface area contributed by atoms with Gasteiger partial charge in [0.05, 0.1) is 17.5 Å². The van der Waals surface area contributed by atoms with Gasteiger partial charge in [-0.3, -0.25) is 9.97 Å². The Bertz CT molecular complexity index is 602. The normalized spacial score (nSPS) is 9.83. The maximum absolute atomic E-state index is 8.99. The van der Waals surface area contributed by atoms with Gasteiger partial charge in [-0.1, -0.05) is 6.92 Å². The Balaban J connectivity index is 2.37. The van der Waals surface area contributed by atoms with E-state index >= 15 is 0 Å². The minimum absolute atomic E-state index is 0.459. The van der Waals surface area contributed by atoms with Gasteiger partial charge in [0.1, 0.15) is 11.8 Å². The van der Waals surface area contributed by atoms with Crippen LogP contribution < -0.4 is 4.74 Å². The van der Waals surface area contributed by atoms with Gasteiger partial charge in [-0.25, -0.2) is 0 Å². The average Bonchev–Trinajstić information content (AvgIpc) is 2.41. The van der Waals surface area contributed by atoms with Crippen LogP contribution in [-0.4, -0.2) is 9.97 Å².